The van der Waals surface area contributed by atoms with Gasteiger partial charge < -0.3 is 24.2 Å². The van der Waals surface area contributed by atoms with E-state index in [4.69, 9.17) is 9.47 Å². The number of nitrogens with zero attached hydrogens (tertiary/aromatic N) is 1. The third-order valence-electron chi connectivity index (χ3n) is 4.79. The van der Waals surface area contributed by atoms with E-state index in [0.717, 1.165) is 23.8 Å². The normalized spacial score (nSPS) is 13.1. The maximum Gasteiger partial charge on any atom is 0.510 e. The standard InChI is InChI=1S/C24H28F3NO6/c1-3-32-23(31)34-17(2)33-22(30)10-7-13-28(15-18-8-5-4-6-9-18)21-14-20(24(25,26)27)12-11-19(21)16-29/h4-6,8-9,11-12,14,16-17,22,30H,3,7,10,13,15H2,1-2H3. The molecule has 34 heavy (non-hydrogen) atoms. The molecule has 10 heteroatoms. The van der Waals surface area contributed by atoms with Gasteiger partial charge in [0.2, 0.25) is 6.29 Å². The van der Waals surface area contributed by atoms with Crippen molar-refractivity contribution in [2.45, 2.75) is 52.0 Å². The van der Waals surface area contributed by atoms with Gasteiger partial charge in [-0.2, -0.15) is 13.2 Å². The number of hydrogen-bond donors (Lipinski definition) is 1. The molecule has 186 valence electrons. The fourth-order valence-corrected chi connectivity index (χ4v) is 3.24. The number of carbonyl (C=O) groups is 2. The Labute approximate surface area is 196 Å². The van der Waals surface area contributed by atoms with Gasteiger partial charge in [-0.25, -0.2) is 4.79 Å². The summed E-state index contributed by atoms with van der Waals surface area (Å²) in [6.45, 7) is 3.64. The minimum absolute atomic E-state index is 0.108. The summed E-state index contributed by atoms with van der Waals surface area (Å²) in [5.41, 5.74) is 0.241. The molecule has 2 unspecified atom stereocenters. The molecule has 1 N–H and O–H groups in total. The molecule has 0 saturated carbocycles. The maximum absolute atomic E-state index is 13.3. The van der Waals surface area contributed by atoms with Crippen molar-refractivity contribution in [1.82, 2.24) is 0 Å². The first-order valence-electron chi connectivity index (χ1n) is 10.8. The highest BCUT2D eigenvalue weighted by Gasteiger charge is 2.31. The van der Waals surface area contributed by atoms with E-state index in [1.165, 1.54) is 6.92 Å². The van der Waals surface area contributed by atoms with Crippen molar-refractivity contribution in [2.24, 2.45) is 0 Å². The monoisotopic (exact) mass is 483 g/mol. The molecule has 0 fully saturated rings. The van der Waals surface area contributed by atoms with Gasteiger partial charge in [0.25, 0.3) is 0 Å². The quantitative estimate of drug-likeness (QED) is 0.254. The van der Waals surface area contributed by atoms with Crippen LogP contribution in [-0.4, -0.2) is 43.3 Å². The van der Waals surface area contributed by atoms with Crippen molar-refractivity contribution in [1.29, 1.82) is 0 Å². The SMILES string of the molecule is CCOC(=O)OC(C)OC(O)CCCN(Cc1ccccc1)c1cc(C(F)(F)F)ccc1C=O. The number of carbonyl (C=O) groups excluding carboxylic acids is 2. The van der Waals surface area contributed by atoms with Crippen LogP contribution in [0.15, 0.2) is 48.5 Å². The van der Waals surface area contributed by atoms with Crippen LogP contribution in [0.4, 0.5) is 23.7 Å². The number of aliphatic hydroxyl groups is 1. The second kappa shape index (κ2) is 13.0. The van der Waals surface area contributed by atoms with Crippen molar-refractivity contribution in [3.63, 3.8) is 0 Å². The molecule has 0 aromatic heterocycles. The first-order chi connectivity index (χ1) is 16.1. The molecule has 0 heterocycles. The maximum atomic E-state index is 13.3. The molecule has 2 rings (SSSR count). The Balaban J connectivity index is 2.12. The van der Waals surface area contributed by atoms with Gasteiger partial charge in [0.1, 0.15) is 0 Å². The Morgan fingerprint density at radius 2 is 1.88 bits per heavy atom. The summed E-state index contributed by atoms with van der Waals surface area (Å²) in [5.74, 6) is 0. The van der Waals surface area contributed by atoms with Crippen molar-refractivity contribution in [3.8, 4) is 0 Å². The molecular weight excluding hydrogens is 455 g/mol. The topological polar surface area (TPSA) is 85.3 Å². The summed E-state index contributed by atoms with van der Waals surface area (Å²) in [6.07, 6.45) is -6.89. The molecule has 0 spiro atoms. The van der Waals surface area contributed by atoms with E-state index in [0.29, 0.717) is 12.7 Å². The third-order valence-corrected chi connectivity index (χ3v) is 4.79. The van der Waals surface area contributed by atoms with Crippen LogP contribution in [-0.2, 0) is 26.9 Å². The van der Waals surface area contributed by atoms with E-state index in [-0.39, 0.29) is 37.4 Å². The summed E-state index contributed by atoms with van der Waals surface area (Å²) >= 11 is 0. The molecule has 0 amide bonds. The average molecular weight is 483 g/mol. The number of rotatable bonds is 12. The molecular formula is C24H28F3NO6. The van der Waals surface area contributed by atoms with Gasteiger partial charge >= 0.3 is 12.3 Å². The van der Waals surface area contributed by atoms with Crippen LogP contribution in [0.3, 0.4) is 0 Å². The van der Waals surface area contributed by atoms with Crippen LogP contribution in [0, 0.1) is 0 Å². The van der Waals surface area contributed by atoms with E-state index in [1.54, 1.807) is 11.8 Å². The zero-order chi connectivity index (χ0) is 25.1. The molecule has 0 radical (unpaired) electrons. The zero-order valence-electron chi connectivity index (χ0n) is 19.0. The van der Waals surface area contributed by atoms with Gasteiger partial charge in [-0.3, -0.25) is 4.79 Å². The Morgan fingerprint density at radius 3 is 2.50 bits per heavy atom. The number of hydrogen-bond acceptors (Lipinski definition) is 7. The molecule has 2 aromatic rings. The lowest BCUT2D eigenvalue weighted by atomic mass is 10.1. The lowest BCUT2D eigenvalue weighted by Gasteiger charge is -2.28. The number of ether oxygens (including phenoxy) is 3. The van der Waals surface area contributed by atoms with Crippen molar-refractivity contribution in [3.05, 3.63) is 65.2 Å². The van der Waals surface area contributed by atoms with E-state index in [9.17, 15) is 27.9 Å². The predicted octanol–water partition coefficient (Wildman–Crippen LogP) is 5.16. The van der Waals surface area contributed by atoms with Crippen LogP contribution < -0.4 is 4.90 Å². The van der Waals surface area contributed by atoms with Gasteiger partial charge in [-0.15, -0.1) is 0 Å². The number of aliphatic hydroxyl groups excluding tert-OH is 1. The van der Waals surface area contributed by atoms with E-state index in [1.807, 2.05) is 30.3 Å². The first-order valence-corrected chi connectivity index (χ1v) is 10.8. The second-order valence-electron chi connectivity index (χ2n) is 7.40. The van der Waals surface area contributed by atoms with Gasteiger partial charge in [-0.05, 0) is 50.5 Å². The summed E-state index contributed by atoms with van der Waals surface area (Å²) in [4.78, 5) is 24.5. The summed E-state index contributed by atoms with van der Waals surface area (Å²) in [5, 5.41) is 10.1. The molecule has 0 bridgehead atoms. The zero-order valence-corrected chi connectivity index (χ0v) is 19.0. The second-order valence-corrected chi connectivity index (χ2v) is 7.40. The number of halogens is 3. The van der Waals surface area contributed by atoms with E-state index < -0.39 is 30.5 Å². The Morgan fingerprint density at radius 1 is 1.18 bits per heavy atom. The minimum atomic E-state index is -4.56. The number of anilines is 1. The highest BCUT2D eigenvalue weighted by atomic mass is 19.4. The fraction of sp³-hybridized carbons (Fsp3) is 0.417. The van der Waals surface area contributed by atoms with Crippen LogP contribution in [0.5, 0.6) is 0 Å². The Bertz CT molecular complexity index is 923. The highest BCUT2D eigenvalue weighted by Crippen LogP contribution is 2.34. The average Bonchev–Trinajstić information content (AvgIpc) is 2.78. The molecule has 7 nitrogen and oxygen atoms in total. The molecule has 0 aliphatic carbocycles. The number of alkyl halides is 3. The third kappa shape index (κ3) is 8.68. The Kier molecular flexibility index (Phi) is 10.3. The fourth-order valence-electron chi connectivity index (χ4n) is 3.24. The molecule has 2 atom stereocenters. The smallest absolute Gasteiger partial charge is 0.435 e. The van der Waals surface area contributed by atoms with Crippen LogP contribution in [0.1, 0.15) is 48.2 Å². The first kappa shape index (κ1) is 27.1. The van der Waals surface area contributed by atoms with Gasteiger partial charge in [0.15, 0.2) is 12.6 Å². The largest absolute Gasteiger partial charge is 0.510 e. The van der Waals surface area contributed by atoms with Gasteiger partial charge in [-0.1, -0.05) is 30.3 Å². The lowest BCUT2D eigenvalue weighted by Crippen LogP contribution is -2.28. The van der Waals surface area contributed by atoms with E-state index in [2.05, 4.69) is 4.74 Å². The lowest BCUT2D eigenvalue weighted by molar-refractivity contribution is -0.207. The van der Waals surface area contributed by atoms with Crippen LogP contribution in [0.25, 0.3) is 0 Å². The predicted molar refractivity (Wildman–Crippen MR) is 118 cm³/mol. The number of aldehydes is 1. The number of benzene rings is 2. The van der Waals surface area contributed by atoms with Gasteiger partial charge in [0, 0.05) is 24.3 Å². The van der Waals surface area contributed by atoms with Crippen LogP contribution >= 0.6 is 0 Å². The summed E-state index contributed by atoms with van der Waals surface area (Å²) in [7, 11) is 0. The van der Waals surface area contributed by atoms with Crippen molar-refractivity contribution in [2.75, 3.05) is 18.1 Å². The molecule has 0 aliphatic heterocycles. The van der Waals surface area contributed by atoms with Crippen LogP contribution in [0.2, 0.25) is 0 Å². The van der Waals surface area contributed by atoms with E-state index >= 15 is 0 Å². The molecule has 0 saturated heterocycles. The summed E-state index contributed by atoms with van der Waals surface area (Å²) < 4.78 is 54.6. The molecule has 2 aromatic carbocycles. The molecule has 0 aliphatic rings. The highest BCUT2D eigenvalue weighted by molar-refractivity contribution is 5.85. The Hall–Kier alpha value is -3.11. The minimum Gasteiger partial charge on any atom is -0.435 e. The van der Waals surface area contributed by atoms with Crippen molar-refractivity contribution < 1.29 is 42.1 Å². The summed E-state index contributed by atoms with van der Waals surface area (Å²) in [6, 6.07) is 12.1. The van der Waals surface area contributed by atoms with Gasteiger partial charge in [0.05, 0.1) is 12.2 Å². The van der Waals surface area contributed by atoms with Crippen molar-refractivity contribution >= 4 is 18.1 Å².